The number of rotatable bonds is 2. The van der Waals surface area contributed by atoms with Gasteiger partial charge in [0.25, 0.3) is 5.91 Å². The highest BCUT2D eigenvalue weighted by molar-refractivity contribution is 5.96. The Hall–Kier alpha value is -2.37. The number of esters is 1. The minimum atomic E-state index is -0.382. The van der Waals surface area contributed by atoms with Crippen LogP contribution in [0.2, 0.25) is 0 Å². The summed E-state index contributed by atoms with van der Waals surface area (Å²) in [6.07, 6.45) is 1.63. The topological polar surface area (TPSA) is 84.5 Å². The Morgan fingerprint density at radius 3 is 2.64 bits per heavy atom. The smallest absolute Gasteiger partial charge is 0.310 e. The Labute approximate surface area is 127 Å². The molecule has 1 aromatic rings. The molecule has 2 amide bonds. The molecule has 0 spiro atoms. The van der Waals surface area contributed by atoms with Crippen molar-refractivity contribution in [1.29, 1.82) is 0 Å². The number of nitrogens with one attached hydrogen (secondary N) is 2. The fraction of sp³-hybridized carbons (Fsp3) is 0.438. The second-order valence-electron chi connectivity index (χ2n) is 6.23. The highest BCUT2D eigenvalue weighted by Crippen LogP contribution is 2.57. The average Bonchev–Trinajstić information content (AvgIpc) is 3.15. The van der Waals surface area contributed by atoms with E-state index in [1.807, 2.05) is 6.07 Å². The van der Waals surface area contributed by atoms with Crippen LogP contribution in [0.4, 0.5) is 0 Å². The predicted octanol–water partition coefficient (Wildman–Crippen LogP) is 0.645. The lowest BCUT2D eigenvalue weighted by Gasteiger charge is -2.23. The molecule has 22 heavy (non-hydrogen) atoms. The molecule has 3 fully saturated rings. The number of ether oxygens (including phenoxy) is 1. The molecule has 0 radical (unpaired) electrons. The van der Waals surface area contributed by atoms with Gasteiger partial charge >= 0.3 is 5.97 Å². The van der Waals surface area contributed by atoms with Crippen molar-refractivity contribution < 1.29 is 19.1 Å². The van der Waals surface area contributed by atoms with Gasteiger partial charge < -0.3 is 4.74 Å². The van der Waals surface area contributed by atoms with Gasteiger partial charge in [-0.05, 0) is 30.9 Å². The lowest BCUT2D eigenvalue weighted by Crippen LogP contribution is -2.48. The van der Waals surface area contributed by atoms with Crippen LogP contribution < -0.4 is 10.9 Å². The Kier molecular flexibility index (Phi) is 2.92. The number of amides is 2. The minimum Gasteiger partial charge on any atom is -0.462 e. The van der Waals surface area contributed by atoms with Crippen LogP contribution in [0.3, 0.4) is 0 Å². The summed E-state index contributed by atoms with van der Waals surface area (Å²) >= 11 is 0. The maximum absolute atomic E-state index is 12.4. The van der Waals surface area contributed by atoms with Gasteiger partial charge in [0.15, 0.2) is 0 Å². The van der Waals surface area contributed by atoms with Crippen LogP contribution in [0.15, 0.2) is 30.3 Å². The van der Waals surface area contributed by atoms with Crippen molar-refractivity contribution >= 4 is 17.8 Å². The molecule has 0 unspecified atom stereocenters. The zero-order valence-electron chi connectivity index (χ0n) is 11.8. The third kappa shape index (κ3) is 1.90. The standard InChI is InChI=1S/C16H16N2O4/c19-14(8-4-2-1-3-5-8)17-18-15(20)12-9-6-10-11(7-9)22-16(21)13(10)12/h1-5,9-13H,6-7H2,(H,17,19)(H,18,20)/t9-,10+,11-,12-,13-/m1/s1. The van der Waals surface area contributed by atoms with Crippen LogP contribution in [-0.4, -0.2) is 23.9 Å². The molecule has 1 saturated heterocycles. The lowest BCUT2D eigenvalue weighted by molar-refractivity contribution is -0.146. The van der Waals surface area contributed by atoms with E-state index in [-0.39, 0.29) is 47.6 Å². The number of hydrogen-bond donors (Lipinski definition) is 2. The van der Waals surface area contributed by atoms with Crippen molar-refractivity contribution in [3.8, 4) is 0 Å². The summed E-state index contributed by atoms with van der Waals surface area (Å²) in [4.78, 5) is 36.2. The highest BCUT2D eigenvalue weighted by Gasteiger charge is 2.63. The first-order valence-corrected chi connectivity index (χ1v) is 7.51. The SMILES string of the molecule is O=C(NNC(=O)[C@@H]1[C@@H]2C[C@@H]3[C@H]1C(=O)O[C@@H]3C2)c1ccccc1. The van der Waals surface area contributed by atoms with Crippen LogP contribution in [0.5, 0.6) is 0 Å². The number of benzene rings is 1. The summed E-state index contributed by atoms with van der Waals surface area (Å²) in [5, 5.41) is 0. The molecule has 5 atom stereocenters. The first kappa shape index (κ1) is 13.3. The maximum atomic E-state index is 12.4. The van der Waals surface area contributed by atoms with Gasteiger partial charge in [-0.15, -0.1) is 0 Å². The van der Waals surface area contributed by atoms with Gasteiger partial charge in [0.05, 0.1) is 11.8 Å². The van der Waals surface area contributed by atoms with Gasteiger partial charge in [-0.2, -0.15) is 0 Å². The molecule has 1 aliphatic heterocycles. The van der Waals surface area contributed by atoms with E-state index in [0.29, 0.717) is 5.56 Å². The van der Waals surface area contributed by atoms with Crippen LogP contribution >= 0.6 is 0 Å². The van der Waals surface area contributed by atoms with E-state index in [1.165, 1.54) is 0 Å². The number of carbonyl (C=O) groups is 3. The monoisotopic (exact) mass is 300 g/mol. The number of fused-ring (bicyclic) bond motifs is 1. The van der Waals surface area contributed by atoms with Gasteiger partial charge in [-0.1, -0.05) is 18.2 Å². The zero-order valence-corrected chi connectivity index (χ0v) is 11.8. The van der Waals surface area contributed by atoms with Gasteiger partial charge in [0.1, 0.15) is 6.10 Å². The molecule has 6 heteroatoms. The molecule has 6 nitrogen and oxygen atoms in total. The highest BCUT2D eigenvalue weighted by atomic mass is 16.6. The van der Waals surface area contributed by atoms with E-state index in [9.17, 15) is 14.4 Å². The lowest BCUT2D eigenvalue weighted by atomic mass is 9.79. The largest absolute Gasteiger partial charge is 0.462 e. The summed E-state index contributed by atoms with van der Waals surface area (Å²) in [5.74, 6) is -1.28. The zero-order chi connectivity index (χ0) is 15.3. The van der Waals surface area contributed by atoms with Gasteiger partial charge in [-0.25, -0.2) is 0 Å². The molecular weight excluding hydrogens is 284 g/mol. The summed E-state index contributed by atoms with van der Waals surface area (Å²) in [5.41, 5.74) is 5.35. The van der Waals surface area contributed by atoms with E-state index in [2.05, 4.69) is 10.9 Å². The minimum absolute atomic E-state index is 0.00506. The van der Waals surface area contributed by atoms with Crippen LogP contribution in [-0.2, 0) is 14.3 Å². The Morgan fingerprint density at radius 1 is 1.09 bits per heavy atom. The molecule has 2 N–H and O–H groups in total. The van der Waals surface area contributed by atoms with Crippen LogP contribution in [0, 0.1) is 23.7 Å². The van der Waals surface area contributed by atoms with Crippen molar-refractivity contribution in [2.75, 3.05) is 0 Å². The van der Waals surface area contributed by atoms with Crippen molar-refractivity contribution in [3.05, 3.63) is 35.9 Å². The summed E-state index contributed by atoms with van der Waals surface area (Å²) in [7, 11) is 0. The quantitative estimate of drug-likeness (QED) is 0.620. The third-order valence-electron chi connectivity index (χ3n) is 5.12. The van der Waals surface area contributed by atoms with E-state index in [1.54, 1.807) is 24.3 Å². The van der Waals surface area contributed by atoms with E-state index in [4.69, 9.17) is 4.74 Å². The molecule has 0 aromatic heterocycles. The fourth-order valence-corrected chi connectivity index (χ4v) is 4.23. The van der Waals surface area contributed by atoms with Crippen molar-refractivity contribution in [1.82, 2.24) is 10.9 Å². The number of carbonyl (C=O) groups excluding carboxylic acids is 3. The Morgan fingerprint density at radius 2 is 1.86 bits per heavy atom. The first-order chi connectivity index (χ1) is 10.6. The third-order valence-corrected chi connectivity index (χ3v) is 5.12. The molecule has 2 saturated carbocycles. The number of hydrazine groups is 1. The molecular formula is C16H16N2O4. The second-order valence-corrected chi connectivity index (χ2v) is 6.23. The first-order valence-electron chi connectivity index (χ1n) is 7.51. The molecule has 114 valence electrons. The summed E-state index contributed by atoms with van der Waals surface area (Å²) in [6.45, 7) is 0. The van der Waals surface area contributed by atoms with Crippen molar-refractivity contribution in [2.24, 2.45) is 23.7 Å². The van der Waals surface area contributed by atoms with E-state index >= 15 is 0 Å². The van der Waals surface area contributed by atoms with E-state index in [0.717, 1.165) is 12.8 Å². The van der Waals surface area contributed by atoms with Gasteiger partial charge in [-0.3, -0.25) is 25.2 Å². The second kappa shape index (κ2) is 4.83. The fourth-order valence-electron chi connectivity index (χ4n) is 4.23. The molecule has 1 aromatic carbocycles. The number of hydrogen-bond acceptors (Lipinski definition) is 4. The molecule has 2 aliphatic carbocycles. The molecule has 4 rings (SSSR count). The van der Waals surface area contributed by atoms with Crippen LogP contribution in [0.25, 0.3) is 0 Å². The normalized spacial score (nSPS) is 34.4. The summed E-state index contributed by atoms with van der Waals surface area (Å²) < 4.78 is 5.31. The van der Waals surface area contributed by atoms with E-state index < -0.39 is 0 Å². The average molecular weight is 300 g/mol. The van der Waals surface area contributed by atoms with Crippen molar-refractivity contribution in [3.63, 3.8) is 0 Å². The van der Waals surface area contributed by atoms with Crippen LogP contribution in [0.1, 0.15) is 23.2 Å². The molecule has 1 heterocycles. The Bertz CT molecular complexity index is 643. The van der Waals surface area contributed by atoms with Gasteiger partial charge in [0.2, 0.25) is 5.91 Å². The van der Waals surface area contributed by atoms with Crippen molar-refractivity contribution in [2.45, 2.75) is 18.9 Å². The molecule has 2 bridgehead atoms. The summed E-state index contributed by atoms with van der Waals surface area (Å²) in [6, 6.07) is 8.64. The maximum Gasteiger partial charge on any atom is 0.310 e. The van der Waals surface area contributed by atoms with Gasteiger partial charge in [0, 0.05) is 11.5 Å². The predicted molar refractivity (Wildman–Crippen MR) is 75.1 cm³/mol. The molecule has 3 aliphatic rings. The Balaban J connectivity index is 1.41.